The Kier molecular flexibility index (Phi) is 7.56. The van der Waals surface area contributed by atoms with Crippen molar-refractivity contribution in [1.82, 2.24) is 4.90 Å². The van der Waals surface area contributed by atoms with Crippen LogP contribution in [-0.2, 0) is 4.74 Å². The van der Waals surface area contributed by atoms with E-state index in [4.69, 9.17) is 4.74 Å². The second-order valence-electron chi connectivity index (χ2n) is 4.73. The molecule has 2 unspecified atom stereocenters. The monoisotopic (exact) mass is 331 g/mol. The number of rotatable bonds is 8. The molecule has 1 aromatic carbocycles. The highest BCUT2D eigenvalue weighted by Crippen LogP contribution is 2.19. The van der Waals surface area contributed by atoms with E-state index in [1.807, 2.05) is 36.2 Å². The molecule has 0 aliphatic rings. The van der Waals surface area contributed by atoms with E-state index in [1.54, 1.807) is 7.11 Å². The van der Waals surface area contributed by atoms with Gasteiger partial charge in [-0.3, -0.25) is 0 Å². The van der Waals surface area contributed by atoms with E-state index in [9.17, 15) is 10.2 Å². The number of aliphatic hydroxyl groups is 2. The molecule has 0 saturated heterocycles. The Hall–Kier alpha value is -0.460. The largest absolute Gasteiger partial charge is 0.389 e. The summed E-state index contributed by atoms with van der Waals surface area (Å²) in [5.74, 6) is 0. The van der Waals surface area contributed by atoms with Crippen molar-refractivity contribution in [2.75, 3.05) is 33.9 Å². The van der Waals surface area contributed by atoms with Crippen molar-refractivity contribution in [3.8, 4) is 0 Å². The molecule has 0 bridgehead atoms. The number of aliphatic hydroxyl groups excluding tert-OH is 2. The summed E-state index contributed by atoms with van der Waals surface area (Å²) in [5, 5.41) is 19.7. The molecular formula is C14H22BrNO3. The molecule has 0 heterocycles. The van der Waals surface area contributed by atoms with Gasteiger partial charge >= 0.3 is 0 Å². The third-order valence-electron chi connectivity index (χ3n) is 2.92. The first kappa shape index (κ1) is 16.6. The molecular weight excluding hydrogens is 310 g/mol. The number of methoxy groups -OCH3 is 1. The van der Waals surface area contributed by atoms with Crippen molar-refractivity contribution in [3.63, 3.8) is 0 Å². The van der Waals surface area contributed by atoms with Crippen LogP contribution in [-0.4, -0.2) is 55.1 Å². The molecule has 0 amide bonds. The Labute approximate surface area is 123 Å². The smallest absolute Gasteiger partial charge is 0.0899 e. The highest BCUT2D eigenvalue weighted by atomic mass is 79.9. The Morgan fingerprint density at radius 1 is 1.26 bits per heavy atom. The predicted octanol–water partition coefficient (Wildman–Crippen LogP) is 1.81. The van der Waals surface area contributed by atoms with Crippen molar-refractivity contribution >= 4 is 15.9 Å². The molecule has 19 heavy (non-hydrogen) atoms. The van der Waals surface area contributed by atoms with Crippen molar-refractivity contribution in [1.29, 1.82) is 0 Å². The van der Waals surface area contributed by atoms with Gasteiger partial charge in [0, 0.05) is 24.7 Å². The van der Waals surface area contributed by atoms with Gasteiger partial charge in [-0.15, -0.1) is 0 Å². The van der Waals surface area contributed by atoms with Gasteiger partial charge in [-0.1, -0.05) is 28.1 Å². The highest BCUT2D eigenvalue weighted by Gasteiger charge is 2.11. The predicted molar refractivity (Wildman–Crippen MR) is 79.1 cm³/mol. The van der Waals surface area contributed by atoms with Crippen LogP contribution in [0.25, 0.3) is 0 Å². The van der Waals surface area contributed by atoms with E-state index in [1.165, 1.54) is 0 Å². The van der Waals surface area contributed by atoms with Gasteiger partial charge in [0.25, 0.3) is 0 Å². The highest BCUT2D eigenvalue weighted by molar-refractivity contribution is 9.10. The fraction of sp³-hybridized carbons (Fsp3) is 0.571. The number of likely N-dealkylation sites (N-methyl/N-ethyl adjacent to an activating group) is 1. The fourth-order valence-electron chi connectivity index (χ4n) is 1.89. The first-order valence-electron chi connectivity index (χ1n) is 6.32. The maximum Gasteiger partial charge on any atom is 0.0899 e. The molecule has 0 fully saturated rings. The van der Waals surface area contributed by atoms with Crippen molar-refractivity contribution in [2.24, 2.45) is 0 Å². The summed E-state index contributed by atoms with van der Waals surface area (Å²) in [5.41, 5.74) is 0.911. The molecule has 1 aromatic rings. The normalized spacial score (nSPS) is 14.6. The average molecular weight is 332 g/mol. The van der Waals surface area contributed by atoms with Crippen LogP contribution in [0.4, 0.5) is 0 Å². The van der Waals surface area contributed by atoms with Crippen LogP contribution in [0.15, 0.2) is 28.7 Å². The standard InChI is InChI=1S/C14H22BrNO3/c1-16(9-13(17)10-19-2)8-7-14(18)11-3-5-12(15)6-4-11/h3-6,13-14,17-18H,7-10H2,1-2H3. The number of ether oxygens (including phenoxy) is 1. The quantitative estimate of drug-likeness (QED) is 0.762. The van der Waals surface area contributed by atoms with Crippen LogP contribution in [0, 0.1) is 0 Å². The SMILES string of the molecule is COCC(O)CN(C)CCC(O)c1ccc(Br)cc1. The maximum atomic E-state index is 10.1. The lowest BCUT2D eigenvalue weighted by molar-refractivity contribution is 0.0398. The summed E-state index contributed by atoms with van der Waals surface area (Å²) in [6.07, 6.45) is -0.326. The molecule has 2 N–H and O–H groups in total. The average Bonchev–Trinajstić information content (AvgIpc) is 2.37. The van der Waals surface area contributed by atoms with E-state index < -0.39 is 12.2 Å². The first-order chi connectivity index (χ1) is 9.02. The fourth-order valence-corrected chi connectivity index (χ4v) is 2.15. The summed E-state index contributed by atoms with van der Waals surface area (Å²) in [6.45, 7) is 1.60. The summed E-state index contributed by atoms with van der Waals surface area (Å²) < 4.78 is 5.88. The number of hydrogen-bond acceptors (Lipinski definition) is 4. The molecule has 0 aromatic heterocycles. The molecule has 108 valence electrons. The first-order valence-corrected chi connectivity index (χ1v) is 7.11. The van der Waals surface area contributed by atoms with Crippen LogP contribution in [0.1, 0.15) is 18.1 Å². The molecule has 2 atom stereocenters. The van der Waals surface area contributed by atoms with Gasteiger partial charge in [0.1, 0.15) is 0 Å². The topological polar surface area (TPSA) is 52.9 Å². The summed E-state index contributed by atoms with van der Waals surface area (Å²) >= 11 is 3.37. The number of nitrogens with zero attached hydrogens (tertiary/aromatic N) is 1. The van der Waals surface area contributed by atoms with E-state index in [0.717, 1.165) is 16.6 Å². The lowest BCUT2D eigenvalue weighted by Crippen LogP contribution is -2.33. The van der Waals surface area contributed by atoms with Gasteiger partial charge in [-0.05, 0) is 31.2 Å². The molecule has 0 aliphatic carbocycles. The Bertz CT molecular complexity index is 358. The van der Waals surface area contributed by atoms with E-state index in [0.29, 0.717) is 19.6 Å². The van der Waals surface area contributed by atoms with Crippen LogP contribution < -0.4 is 0 Å². The molecule has 1 rings (SSSR count). The third-order valence-corrected chi connectivity index (χ3v) is 3.45. The van der Waals surface area contributed by atoms with Crippen molar-refractivity contribution in [3.05, 3.63) is 34.3 Å². The zero-order chi connectivity index (χ0) is 14.3. The summed E-state index contributed by atoms with van der Waals surface area (Å²) in [6, 6.07) is 7.66. The molecule has 4 nitrogen and oxygen atoms in total. The summed E-state index contributed by atoms with van der Waals surface area (Å²) in [4.78, 5) is 1.99. The van der Waals surface area contributed by atoms with Gasteiger partial charge in [0.05, 0.1) is 18.8 Å². The lowest BCUT2D eigenvalue weighted by atomic mass is 10.1. The molecule has 5 heteroatoms. The molecule has 0 radical (unpaired) electrons. The second kappa shape index (κ2) is 8.66. The zero-order valence-corrected chi connectivity index (χ0v) is 13.0. The minimum Gasteiger partial charge on any atom is -0.389 e. The minimum atomic E-state index is -0.486. The summed E-state index contributed by atoms with van der Waals surface area (Å²) in [7, 11) is 3.49. The van der Waals surface area contributed by atoms with Crippen molar-refractivity contribution in [2.45, 2.75) is 18.6 Å². The van der Waals surface area contributed by atoms with Gasteiger partial charge < -0.3 is 19.8 Å². The van der Waals surface area contributed by atoms with Crippen LogP contribution >= 0.6 is 15.9 Å². The van der Waals surface area contributed by atoms with Gasteiger partial charge in [-0.25, -0.2) is 0 Å². The Morgan fingerprint density at radius 3 is 2.47 bits per heavy atom. The molecule has 0 aliphatic heterocycles. The lowest BCUT2D eigenvalue weighted by Gasteiger charge is -2.21. The number of hydrogen-bond donors (Lipinski definition) is 2. The zero-order valence-electron chi connectivity index (χ0n) is 11.4. The van der Waals surface area contributed by atoms with Gasteiger partial charge in [0.15, 0.2) is 0 Å². The molecule has 0 saturated carbocycles. The Balaban J connectivity index is 2.33. The van der Waals surface area contributed by atoms with E-state index in [-0.39, 0.29) is 0 Å². The Morgan fingerprint density at radius 2 is 1.89 bits per heavy atom. The number of halogens is 1. The van der Waals surface area contributed by atoms with Crippen molar-refractivity contribution < 1.29 is 14.9 Å². The van der Waals surface area contributed by atoms with Gasteiger partial charge in [0.2, 0.25) is 0 Å². The third kappa shape index (κ3) is 6.49. The van der Waals surface area contributed by atoms with Crippen LogP contribution in [0.3, 0.4) is 0 Å². The second-order valence-corrected chi connectivity index (χ2v) is 5.64. The van der Waals surface area contributed by atoms with E-state index >= 15 is 0 Å². The van der Waals surface area contributed by atoms with E-state index in [2.05, 4.69) is 15.9 Å². The van der Waals surface area contributed by atoms with Crippen LogP contribution in [0.5, 0.6) is 0 Å². The molecule has 0 spiro atoms. The minimum absolute atomic E-state index is 0.333. The van der Waals surface area contributed by atoms with Crippen LogP contribution in [0.2, 0.25) is 0 Å². The van der Waals surface area contributed by atoms with Gasteiger partial charge in [-0.2, -0.15) is 0 Å². The maximum absolute atomic E-state index is 10.1. The number of benzene rings is 1.